The number of carbonyl (C=O) groups is 1. The Kier molecular flexibility index (Phi) is 5.20. The highest BCUT2D eigenvalue weighted by atomic mass is 32.2. The van der Waals surface area contributed by atoms with Gasteiger partial charge in [-0.15, -0.1) is 0 Å². The first-order chi connectivity index (χ1) is 12.3. The lowest BCUT2D eigenvalue weighted by molar-refractivity contribution is -0.124. The molecule has 3 rings (SSSR count). The Morgan fingerprint density at radius 2 is 1.96 bits per heavy atom. The fraction of sp³-hybridized carbons (Fsp3) is 0.421. The average molecular weight is 376 g/mol. The monoisotopic (exact) mass is 376 g/mol. The third-order valence-electron chi connectivity index (χ3n) is 4.76. The van der Waals surface area contributed by atoms with Crippen LogP contribution in [0.1, 0.15) is 42.9 Å². The zero-order valence-corrected chi connectivity index (χ0v) is 16.0. The van der Waals surface area contributed by atoms with E-state index in [0.29, 0.717) is 19.4 Å². The average Bonchev–Trinajstić information content (AvgIpc) is 3.22. The molecule has 1 aliphatic heterocycles. The number of nitrogens with zero attached hydrogens (tertiary/aromatic N) is 1. The lowest BCUT2D eigenvalue weighted by Crippen LogP contribution is -2.46. The van der Waals surface area contributed by atoms with Crippen LogP contribution in [0.3, 0.4) is 0 Å². The van der Waals surface area contributed by atoms with Gasteiger partial charge in [0.15, 0.2) is 0 Å². The number of benzene rings is 1. The molecule has 2 heterocycles. The molecule has 2 aromatic rings. The van der Waals surface area contributed by atoms with Crippen LogP contribution in [-0.2, 0) is 14.8 Å². The number of hydrogen-bond donors (Lipinski definition) is 1. The zero-order chi connectivity index (χ0) is 18.9. The highest BCUT2D eigenvalue weighted by Gasteiger charge is 2.39. The van der Waals surface area contributed by atoms with Gasteiger partial charge < -0.3 is 9.73 Å². The summed E-state index contributed by atoms with van der Waals surface area (Å²) in [6, 6.07) is 9.22. The highest BCUT2D eigenvalue weighted by molar-refractivity contribution is 7.89. The van der Waals surface area contributed by atoms with Crippen LogP contribution in [0, 0.1) is 13.8 Å². The van der Waals surface area contributed by atoms with Crippen molar-refractivity contribution in [3.05, 3.63) is 53.5 Å². The summed E-state index contributed by atoms with van der Waals surface area (Å²) in [5, 5.41) is 2.94. The number of sulfonamides is 1. The molecule has 1 aromatic heterocycles. The van der Waals surface area contributed by atoms with E-state index in [-0.39, 0.29) is 16.8 Å². The Bertz CT molecular complexity index is 890. The Morgan fingerprint density at radius 3 is 2.58 bits per heavy atom. The lowest BCUT2D eigenvalue weighted by atomic mass is 10.1. The molecular weight excluding hydrogens is 352 g/mol. The molecule has 1 aliphatic rings. The molecule has 1 aromatic carbocycles. The third-order valence-corrected chi connectivity index (χ3v) is 6.68. The standard InChI is InChI=1S/C19H24N2O4S/c1-13-12-17(15(3)25-13)14(2)20-19(22)18-10-7-11-21(18)26(23,24)16-8-5-4-6-9-16/h4-6,8-9,12,14,18H,7,10-11H2,1-3H3,(H,20,22). The molecule has 0 radical (unpaired) electrons. The SMILES string of the molecule is Cc1cc(C(C)NC(=O)C2CCCN2S(=O)(=O)c2ccccc2)c(C)o1. The molecule has 6 nitrogen and oxygen atoms in total. The molecule has 26 heavy (non-hydrogen) atoms. The minimum Gasteiger partial charge on any atom is -0.466 e. The van der Waals surface area contributed by atoms with E-state index in [4.69, 9.17) is 4.42 Å². The van der Waals surface area contributed by atoms with Crippen LogP contribution in [0.2, 0.25) is 0 Å². The van der Waals surface area contributed by atoms with E-state index >= 15 is 0 Å². The summed E-state index contributed by atoms with van der Waals surface area (Å²) in [7, 11) is -3.68. The second-order valence-electron chi connectivity index (χ2n) is 6.69. The van der Waals surface area contributed by atoms with Crippen molar-refractivity contribution in [2.24, 2.45) is 0 Å². The Labute approximate surface area is 154 Å². The van der Waals surface area contributed by atoms with Crippen molar-refractivity contribution < 1.29 is 17.6 Å². The van der Waals surface area contributed by atoms with Gasteiger partial charge in [-0.2, -0.15) is 4.31 Å². The molecule has 0 bridgehead atoms. The van der Waals surface area contributed by atoms with E-state index in [1.807, 2.05) is 26.8 Å². The molecule has 140 valence electrons. The van der Waals surface area contributed by atoms with E-state index in [9.17, 15) is 13.2 Å². The molecule has 1 N–H and O–H groups in total. The second-order valence-corrected chi connectivity index (χ2v) is 8.58. The van der Waals surface area contributed by atoms with E-state index in [2.05, 4.69) is 5.32 Å². The number of aryl methyl sites for hydroxylation is 2. The van der Waals surface area contributed by atoms with Crippen molar-refractivity contribution in [3.8, 4) is 0 Å². The summed E-state index contributed by atoms with van der Waals surface area (Å²) in [5.74, 6) is 1.27. The van der Waals surface area contributed by atoms with Crippen molar-refractivity contribution >= 4 is 15.9 Å². The number of rotatable bonds is 5. The van der Waals surface area contributed by atoms with E-state index < -0.39 is 16.1 Å². The normalized spacial score (nSPS) is 19.4. The highest BCUT2D eigenvalue weighted by Crippen LogP contribution is 2.27. The maximum absolute atomic E-state index is 12.9. The van der Waals surface area contributed by atoms with Crippen molar-refractivity contribution in [3.63, 3.8) is 0 Å². The number of carbonyl (C=O) groups excluding carboxylic acids is 1. The molecule has 7 heteroatoms. The number of nitrogens with one attached hydrogen (secondary N) is 1. The van der Waals surface area contributed by atoms with Crippen LogP contribution in [0.25, 0.3) is 0 Å². The Morgan fingerprint density at radius 1 is 1.27 bits per heavy atom. The molecule has 0 spiro atoms. The van der Waals surface area contributed by atoms with E-state index in [0.717, 1.165) is 17.1 Å². The Balaban J connectivity index is 1.77. The van der Waals surface area contributed by atoms with Gasteiger partial charge in [0.05, 0.1) is 10.9 Å². The van der Waals surface area contributed by atoms with Crippen molar-refractivity contribution in [2.75, 3.05) is 6.54 Å². The predicted molar refractivity (Wildman–Crippen MR) is 98.1 cm³/mol. The van der Waals surface area contributed by atoms with Crippen molar-refractivity contribution in [1.29, 1.82) is 0 Å². The summed E-state index contributed by atoms with van der Waals surface area (Å²) in [4.78, 5) is 13.0. The fourth-order valence-electron chi connectivity index (χ4n) is 3.49. The van der Waals surface area contributed by atoms with E-state index in [1.54, 1.807) is 30.3 Å². The number of furan rings is 1. The summed E-state index contributed by atoms with van der Waals surface area (Å²) in [6.45, 7) is 5.94. The van der Waals surface area contributed by atoms with Gasteiger partial charge in [0.1, 0.15) is 17.6 Å². The Hall–Kier alpha value is -2.12. The fourth-order valence-corrected chi connectivity index (χ4v) is 5.16. The molecule has 1 amide bonds. The predicted octanol–water partition coefficient (Wildman–Crippen LogP) is 2.93. The smallest absolute Gasteiger partial charge is 0.243 e. The molecular formula is C19H24N2O4S. The number of hydrogen-bond acceptors (Lipinski definition) is 4. The maximum Gasteiger partial charge on any atom is 0.243 e. The maximum atomic E-state index is 12.9. The van der Waals surface area contributed by atoms with Gasteiger partial charge >= 0.3 is 0 Å². The minimum absolute atomic E-state index is 0.217. The van der Waals surface area contributed by atoms with Gasteiger partial charge in [0, 0.05) is 12.1 Å². The van der Waals surface area contributed by atoms with Crippen molar-refractivity contribution in [2.45, 2.75) is 50.6 Å². The summed E-state index contributed by atoms with van der Waals surface area (Å²) < 4.78 is 32.6. The first-order valence-corrected chi connectivity index (χ1v) is 10.2. The first-order valence-electron chi connectivity index (χ1n) is 8.75. The van der Waals surface area contributed by atoms with Gasteiger partial charge in [-0.05, 0) is 51.8 Å². The largest absolute Gasteiger partial charge is 0.466 e. The molecule has 2 atom stereocenters. The molecule has 1 saturated heterocycles. The summed E-state index contributed by atoms with van der Waals surface area (Å²) in [6.07, 6.45) is 1.19. The van der Waals surface area contributed by atoms with Gasteiger partial charge in [-0.1, -0.05) is 18.2 Å². The van der Waals surface area contributed by atoms with Crippen LogP contribution in [0.5, 0.6) is 0 Å². The summed E-state index contributed by atoms with van der Waals surface area (Å²) >= 11 is 0. The van der Waals surface area contributed by atoms with Gasteiger partial charge in [-0.25, -0.2) is 8.42 Å². The second kappa shape index (κ2) is 7.25. The minimum atomic E-state index is -3.68. The van der Waals surface area contributed by atoms with Gasteiger partial charge in [-0.3, -0.25) is 4.79 Å². The number of amides is 1. The van der Waals surface area contributed by atoms with Crippen LogP contribution in [0.4, 0.5) is 0 Å². The van der Waals surface area contributed by atoms with Gasteiger partial charge in [0.25, 0.3) is 0 Å². The van der Waals surface area contributed by atoms with Crippen LogP contribution >= 0.6 is 0 Å². The topological polar surface area (TPSA) is 79.6 Å². The third kappa shape index (κ3) is 3.54. The van der Waals surface area contributed by atoms with E-state index in [1.165, 1.54) is 4.31 Å². The zero-order valence-electron chi connectivity index (χ0n) is 15.2. The van der Waals surface area contributed by atoms with Crippen LogP contribution in [0.15, 0.2) is 45.7 Å². The summed E-state index contributed by atoms with van der Waals surface area (Å²) in [5.41, 5.74) is 0.909. The molecule has 0 aliphatic carbocycles. The molecule has 1 fully saturated rings. The molecule has 2 unspecified atom stereocenters. The van der Waals surface area contributed by atoms with Crippen LogP contribution < -0.4 is 5.32 Å². The van der Waals surface area contributed by atoms with Gasteiger partial charge in [0.2, 0.25) is 15.9 Å². The quantitative estimate of drug-likeness (QED) is 0.870. The lowest BCUT2D eigenvalue weighted by Gasteiger charge is -2.25. The first kappa shape index (κ1) is 18.7. The van der Waals surface area contributed by atoms with Crippen molar-refractivity contribution in [1.82, 2.24) is 9.62 Å². The van der Waals surface area contributed by atoms with Crippen LogP contribution in [-0.4, -0.2) is 31.2 Å². The molecule has 0 saturated carbocycles.